The molecule has 0 saturated heterocycles. The van der Waals surface area contributed by atoms with Gasteiger partial charge in [0.25, 0.3) is 0 Å². The SMILES string of the molecule is Cc1ccc2c(c1)OCO2.Cc1cccc(C#N)c1.Cc1ccccc1.Cc1ccccc1F. The maximum absolute atomic E-state index is 12.3. The minimum Gasteiger partial charge on any atom is -0.454 e. The Bertz CT molecular complexity index is 1180. The van der Waals surface area contributed by atoms with Crippen LogP contribution in [-0.4, -0.2) is 6.79 Å². The van der Waals surface area contributed by atoms with Gasteiger partial charge >= 0.3 is 0 Å². The molecule has 0 aliphatic carbocycles. The first-order valence-electron chi connectivity index (χ1n) is 10.9. The van der Waals surface area contributed by atoms with Crippen LogP contribution in [-0.2, 0) is 0 Å². The fraction of sp³-hybridized carbons (Fsp3) is 0.167. The van der Waals surface area contributed by atoms with Crippen molar-refractivity contribution in [3.63, 3.8) is 0 Å². The lowest BCUT2D eigenvalue weighted by Crippen LogP contribution is -1.92. The third kappa shape index (κ3) is 9.58. The van der Waals surface area contributed by atoms with Crippen LogP contribution in [0.5, 0.6) is 11.5 Å². The Morgan fingerprint density at radius 3 is 1.79 bits per heavy atom. The molecular formula is C30H30FNO2. The second-order valence-corrected chi connectivity index (χ2v) is 7.74. The Morgan fingerprint density at radius 1 is 0.647 bits per heavy atom. The first-order chi connectivity index (χ1) is 16.4. The molecule has 4 aromatic carbocycles. The molecule has 3 nitrogen and oxygen atoms in total. The van der Waals surface area contributed by atoms with Crippen LogP contribution in [0.2, 0.25) is 0 Å². The van der Waals surface area contributed by atoms with Crippen molar-refractivity contribution in [2.45, 2.75) is 27.7 Å². The number of benzene rings is 4. The summed E-state index contributed by atoms with van der Waals surface area (Å²) in [6, 6.07) is 32.5. The molecule has 0 radical (unpaired) electrons. The number of nitrogens with zero attached hydrogens (tertiary/aromatic N) is 1. The van der Waals surface area contributed by atoms with Gasteiger partial charge in [0.05, 0.1) is 11.6 Å². The minimum absolute atomic E-state index is 0.132. The number of rotatable bonds is 0. The van der Waals surface area contributed by atoms with E-state index in [9.17, 15) is 4.39 Å². The number of nitriles is 1. The van der Waals surface area contributed by atoms with Gasteiger partial charge in [0.1, 0.15) is 5.82 Å². The van der Waals surface area contributed by atoms with Gasteiger partial charge in [0.2, 0.25) is 6.79 Å². The van der Waals surface area contributed by atoms with E-state index in [4.69, 9.17) is 14.7 Å². The molecule has 0 fully saturated rings. The van der Waals surface area contributed by atoms with Crippen molar-refractivity contribution < 1.29 is 13.9 Å². The molecule has 0 atom stereocenters. The average Bonchev–Trinajstić information content (AvgIpc) is 3.30. The summed E-state index contributed by atoms with van der Waals surface area (Å²) in [5.74, 6) is 1.58. The highest BCUT2D eigenvalue weighted by molar-refractivity contribution is 5.43. The summed E-state index contributed by atoms with van der Waals surface area (Å²) in [5.41, 5.74) is 5.09. The Kier molecular flexibility index (Phi) is 10.9. The third-order valence-corrected chi connectivity index (χ3v) is 4.69. The molecule has 1 aliphatic heterocycles. The highest BCUT2D eigenvalue weighted by atomic mass is 19.1. The molecule has 0 spiro atoms. The molecular weight excluding hydrogens is 425 g/mol. The smallest absolute Gasteiger partial charge is 0.231 e. The lowest BCUT2D eigenvalue weighted by molar-refractivity contribution is 0.174. The maximum Gasteiger partial charge on any atom is 0.231 e. The second-order valence-electron chi connectivity index (χ2n) is 7.74. The van der Waals surface area contributed by atoms with E-state index in [1.165, 1.54) is 17.2 Å². The Morgan fingerprint density at radius 2 is 1.26 bits per heavy atom. The van der Waals surface area contributed by atoms with Crippen LogP contribution in [0.1, 0.15) is 27.8 Å². The van der Waals surface area contributed by atoms with Crippen LogP contribution in [0.3, 0.4) is 0 Å². The number of aryl methyl sites for hydroxylation is 4. The summed E-state index contributed by atoms with van der Waals surface area (Å²) in [5, 5.41) is 8.41. The molecule has 1 heterocycles. The van der Waals surface area contributed by atoms with E-state index < -0.39 is 0 Å². The molecule has 0 unspecified atom stereocenters. The second kappa shape index (κ2) is 14.1. The van der Waals surface area contributed by atoms with Crippen molar-refractivity contribution in [3.8, 4) is 17.6 Å². The van der Waals surface area contributed by atoms with Gasteiger partial charge in [-0.1, -0.05) is 72.3 Å². The van der Waals surface area contributed by atoms with Gasteiger partial charge < -0.3 is 9.47 Å². The summed E-state index contributed by atoms with van der Waals surface area (Å²) in [6.07, 6.45) is 0. The number of hydrogen-bond acceptors (Lipinski definition) is 3. The maximum atomic E-state index is 12.3. The van der Waals surface area contributed by atoms with E-state index in [2.05, 4.69) is 25.1 Å². The largest absolute Gasteiger partial charge is 0.454 e. The van der Waals surface area contributed by atoms with Gasteiger partial charge in [-0.25, -0.2) is 4.39 Å². The predicted octanol–water partition coefficient (Wildman–Crippen LogP) is 7.72. The van der Waals surface area contributed by atoms with Crippen molar-refractivity contribution in [3.05, 3.63) is 131 Å². The van der Waals surface area contributed by atoms with Crippen molar-refractivity contribution in [2.75, 3.05) is 6.79 Å². The summed E-state index contributed by atoms with van der Waals surface area (Å²) in [6.45, 7) is 8.19. The van der Waals surface area contributed by atoms with Crippen LogP contribution in [0.15, 0.2) is 97.1 Å². The quantitative estimate of drug-likeness (QED) is 0.273. The predicted molar refractivity (Wildman–Crippen MR) is 136 cm³/mol. The molecule has 0 saturated carbocycles. The van der Waals surface area contributed by atoms with E-state index in [0.717, 1.165) is 22.6 Å². The third-order valence-electron chi connectivity index (χ3n) is 4.69. The van der Waals surface area contributed by atoms with Crippen molar-refractivity contribution in [1.82, 2.24) is 0 Å². The van der Waals surface area contributed by atoms with Gasteiger partial charge in [0, 0.05) is 0 Å². The Hall–Kier alpha value is -4.10. The normalized spacial score (nSPS) is 10.2. The van der Waals surface area contributed by atoms with E-state index in [1.54, 1.807) is 25.1 Å². The van der Waals surface area contributed by atoms with Gasteiger partial charge in [-0.2, -0.15) is 5.26 Å². The van der Waals surface area contributed by atoms with Crippen LogP contribution in [0.25, 0.3) is 0 Å². The van der Waals surface area contributed by atoms with Crippen molar-refractivity contribution >= 4 is 0 Å². The van der Waals surface area contributed by atoms with Gasteiger partial charge in [-0.15, -0.1) is 0 Å². The highest BCUT2D eigenvalue weighted by Crippen LogP contribution is 2.31. The van der Waals surface area contributed by atoms with E-state index in [0.29, 0.717) is 12.4 Å². The van der Waals surface area contributed by atoms with Gasteiger partial charge in [-0.05, 0) is 74.7 Å². The number of fused-ring (bicyclic) bond motifs is 1. The highest BCUT2D eigenvalue weighted by Gasteiger charge is 2.11. The Balaban J connectivity index is 0.000000162. The summed E-state index contributed by atoms with van der Waals surface area (Å²) in [4.78, 5) is 0. The standard InChI is InChI=1S/C8H7N.C8H8O2.C7H7F.C7H8/c1-7-3-2-4-8(5-7)6-9;1-6-2-3-7-8(4-6)10-5-9-7;1-6-4-2-3-5-7(6)8;1-7-5-3-2-4-6-7/h2-5H,1H3;2-4H,5H2,1H3;2-5H,1H3;2-6H,1H3. The number of ether oxygens (including phenoxy) is 2. The monoisotopic (exact) mass is 455 g/mol. The number of halogens is 1. The van der Waals surface area contributed by atoms with Crippen molar-refractivity contribution in [1.29, 1.82) is 5.26 Å². The topological polar surface area (TPSA) is 42.2 Å². The molecule has 174 valence electrons. The van der Waals surface area contributed by atoms with Gasteiger partial charge in [0.15, 0.2) is 11.5 Å². The fourth-order valence-corrected chi connectivity index (χ4v) is 2.80. The molecule has 0 aromatic heterocycles. The molecule has 4 heteroatoms. The van der Waals surface area contributed by atoms with Crippen LogP contribution in [0.4, 0.5) is 4.39 Å². The zero-order valence-electron chi connectivity index (χ0n) is 20.1. The van der Waals surface area contributed by atoms with Crippen LogP contribution in [0, 0.1) is 44.8 Å². The summed E-state index contributed by atoms with van der Waals surface area (Å²) < 4.78 is 22.6. The van der Waals surface area contributed by atoms with Crippen LogP contribution >= 0.6 is 0 Å². The lowest BCUT2D eigenvalue weighted by atomic mass is 10.2. The zero-order valence-corrected chi connectivity index (χ0v) is 20.1. The first kappa shape index (κ1) is 26.2. The molecule has 5 rings (SSSR count). The van der Waals surface area contributed by atoms with Crippen LogP contribution < -0.4 is 9.47 Å². The van der Waals surface area contributed by atoms with Gasteiger partial charge in [-0.3, -0.25) is 0 Å². The molecule has 0 N–H and O–H groups in total. The molecule has 0 amide bonds. The molecule has 34 heavy (non-hydrogen) atoms. The first-order valence-corrected chi connectivity index (χ1v) is 10.9. The van der Waals surface area contributed by atoms with Crippen molar-refractivity contribution in [2.24, 2.45) is 0 Å². The van der Waals surface area contributed by atoms with E-state index >= 15 is 0 Å². The molecule has 0 bridgehead atoms. The zero-order chi connectivity index (χ0) is 24.8. The minimum atomic E-state index is -0.132. The Labute approximate surface area is 202 Å². The average molecular weight is 456 g/mol. The summed E-state index contributed by atoms with van der Waals surface area (Å²) >= 11 is 0. The summed E-state index contributed by atoms with van der Waals surface area (Å²) in [7, 11) is 0. The lowest BCUT2D eigenvalue weighted by Gasteiger charge is -1.94. The molecule has 1 aliphatic rings. The van der Waals surface area contributed by atoms with E-state index in [1.807, 2.05) is 74.5 Å². The van der Waals surface area contributed by atoms with E-state index in [-0.39, 0.29) is 5.82 Å². The fourth-order valence-electron chi connectivity index (χ4n) is 2.80. The number of hydrogen-bond donors (Lipinski definition) is 0. The molecule has 4 aromatic rings.